The normalized spacial score (nSPS) is 10.1. The molecule has 0 aliphatic heterocycles. The lowest BCUT2D eigenvalue weighted by Gasteiger charge is -2.05. The maximum atomic E-state index is 13.4. The number of amides is 1. The topological polar surface area (TPSA) is 101 Å². The molecule has 1 aromatic heterocycles. The maximum Gasteiger partial charge on any atom is 0.264 e. The molecule has 2 rings (SSSR count). The zero-order valence-corrected chi connectivity index (χ0v) is 9.11. The molecular formula is C11H9FN4O2. The largest absolute Gasteiger partial charge is 0.399 e. The number of hydrogen-bond acceptors (Lipinski definition) is 4. The Hall–Kier alpha value is -2.70. The Bertz CT molecular complexity index is 633. The highest BCUT2D eigenvalue weighted by Crippen LogP contribution is 2.13. The molecule has 0 fully saturated rings. The number of carbonyl (C=O) groups excluding carboxylic acids is 1. The van der Waals surface area contributed by atoms with Gasteiger partial charge >= 0.3 is 0 Å². The number of aromatic nitrogens is 2. The van der Waals surface area contributed by atoms with Gasteiger partial charge in [-0.2, -0.15) is 5.10 Å². The fraction of sp³-hybridized carbons (Fsp3) is 0. The van der Waals surface area contributed by atoms with E-state index in [-0.39, 0.29) is 17.1 Å². The monoisotopic (exact) mass is 248 g/mol. The molecule has 6 nitrogen and oxygen atoms in total. The van der Waals surface area contributed by atoms with Crippen molar-refractivity contribution in [3.05, 3.63) is 52.1 Å². The summed E-state index contributed by atoms with van der Waals surface area (Å²) in [4.78, 5) is 22.5. The van der Waals surface area contributed by atoms with E-state index in [4.69, 9.17) is 5.73 Å². The molecule has 0 atom stereocenters. The van der Waals surface area contributed by atoms with E-state index in [0.29, 0.717) is 0 Å². The van der Waals surface area contributed by atoms with Crippen molar-refractivity contribution in [3.8, 4) is 0 Å². The van der Waals surface area contributed by atoms with Gasteiger partial charge in [0.05, 0.1) is 5.56 Å². The van der Waals surface area contributed by atoms with Crippen molar-refractivity contribution in [1.82, 2.24) is 10.2 Å². The number of nitrogen functional groups attached to an aromatic ring is 1. The number of hydrogen-bond donors (Lipinski definition) is 3. The number of nitrogens with two attached hydrogens (primary N) is 1. The van der Waals surface area contributed by atoms with Crippen LogP contribution in [0.15, 0.2) is 35.1 Å². The van der Waals surface area contributed by atoms with Crippen LogP contribution >= 0.6 is 0 Å². The smallest absolute Gasteiger partial charge is 0.264 e. The average molecular weight is 248 g/mol. The third-order valence-corrected chi connectivity index (χ3v) is 2.16. The Kier molecular flexibility index (Phi) is 3.05. The molecule has 4 N–H and O–H groups in total. The molecule has 1 heterocycles. The standard InChI is InChI=1S/C11H9FN4O2/c12-8-2-1-6(13)5-7(8)11(18)14-9-3-4-10(17)16-15-9/h1-5H,13H2,(H,16,17)(H,14,15,18). The van der Waals surface area contributed by atoms with E-state index in [1.807, 2.05) is 0 Å². The molecule has 0 bridgehead atoms. The van der Waals surface area contributed by atoms with Crippen LogP contribution in [0.5, 0.6) is 0 Å². The molecule has 0 saturated carbocycles. The fourth-order valence-electron chi connectivity index (χ4n) is 1.31. The molecule has 0 saturated heterocycles. The summed E-state index contributed by atoms with van der Waals surface area (Å²) in [6.45, 7) is 0. The van der Waals surface area contributed by atoms with Crippen molar-refractivity contribution >= 4 is 17.4 Å². The number of nitrogens with zero attached hydrogens (tertiary/aromatic N) is 1. The molecule has 1 amide bonds. The number of carbonyl (C=O) groups is 1. The molecule has 1 aromatic carbocycles. The van der Waals surface area contributed by atoms with E-state index in [0.717, 1.165) is 6.07 Å². The Morgan fingerprint density at radius 2 is 2.11 bits per heavy atom. The highest BCUT2D eigenvalue weighted by Gasteiger charge is 2.12. The summed E-state index contributed by atoms with van der Waals surface area (Å²) in [7, 11) is 0. The Labute approximate surface area is 101 Å². The molecule has 7 heteroatoms. The predicted octanol–water partition coefficient (Wildman–Crippen LogP) is 0.744. The lowest BCUT2D eigenvalue weighted by molar-refractivity contribution is 0.102. The van der Waals surface area contributed by atoms with Gasteiger partial charge in [-0.25, -0.2) is 9.49 Å². The summed E-state index contributed by atoms with van der Waals surface area (Å²) in [5.41, 5.74) is 5.15. The van der Waals surface area contributed by atoms with Crippen LogP contribution in [0.1, 0.15) is 10.4 Å². The van der Waals surface area contributed by atoms with Crippen LogP contribution in [0.25, 0.3) is 0 Å². The molecule has 0 radical (unpaired) electrons. The minimum Gasteiger partial charge on any atom is -0.399 e. The summed E-state index contributed by atoms with van der Waals surface area (Å²) in [5, 5.41) is 8.05. The third-order valence-electron chi connectivity index (χ3n) is 2.16. The molecule has 18 heavy (non-hydrogen) atoms. The molecule has 92 valence electrons. The zero-order chi connectivity index (χ0) is 13.1. The Balaban J connectivity index is 2.24. The molecule has 2 aromatic rings. The van der Waals surface area contributed by atoms with E-state index >= 15 is 0 Å². The van der Waals surface area contributed by atoms with E-state index in [1.165, 1.54) is 24.3 Å². The van der Waals surface area contributed by atoms with Gasteiger partial charge in [0.25, 0.3) is 11.5 Å². The van der Waals surface area contributed by atoms with Crippen LogP contribution in [0, 0.1) is 5.82 Å². The van der Waals surface area contributed by atoms with Crippen molar-refractivity contribution in [2.24, 2.45) is 0 Å². The van der Waals surface area contributed by atoms with Gasteiger partial charge in [-0.15, -0.1) is 0 Å². The van der Waals surface area contributed by atoms with Crippen molar-refractivity contribution < 1.29 is 9.18 Å². The van der Waals surface area contributed by atoms with Gasteiger partial charge in [0, 0.05) is 11.8 Å². The average Bonchev–Trinajstić information content (AvgIpc) is 2.35. The molecule has 0 spiro atoms. The second-order valence-electron chi connectivity index (χ2n) is 3.50. The number of halogens is 1. The molecular weight excluding hydrogens is 239 g/mol. The summed E-state index contributed by atoms with van der Waals surface area (Å²) >= 11 is 0. The number of aromatic amines is 1. The highest BCUT2D eigenvalue weighted by atomic mass is 19.1. The van der Waals surface area contributed by atoms with Crippen molar-refractivity contribution in [3.63, 3.8) is 0 Å². The highest BCUT2D eigenvalue weighted by molar-refractivity contribution is 6.04. The lowest BCUT2D eigenvalue weighted by atomic mass is 10.2. The van der Waals surface area contributed by atoms with Gasteiger partial charge in [-0.1, -0.05) is 0 Å². The lowest BCUT2D eigenvalue weighted by Crippen LogP contribution is -2.17. The van der Waals surface area contributed by atoms with Gasteiger partial charge in [0.1, 0.15) is 5.82 Å². The Morgan fingerprint density at radius 3 is 2.78 bits per heavy atom. The summed E-state index contributed by atoms with van der Waals surface area (Å²) < 4.78 is 13.4. The zero-order valence-electron chi connectivity index (χ0n) is 9.11. The van der Waals surface area contributed by atoms with Gasteiger partial charge < -0.3 is 11.1 Å². The summed E-state index contributed by atoms with van der Waals surface area (Å²) in [5.74, 6) is -1.27. The van der Waals surface area contributed by atoms with Gasteiger partial charge in [-0.05, 0) is 24.3 Å². The van der Waals surface area contributed by atoms with Crippen LogP contribution in [0.2, 0.25) is 0 Å². The molecule has 0 unspecified atom stereocenters. The molecule has 0 aliphatic rings. The minimum atomic E-state index is -0.695. The fourth-order valence-corrected chi connectivity index (χ4v) is 1.31. The summed E-state index contributed by atoms with van der Waals surface area (Å²) in [6.07, 6.45) is 0. The van der Waals surface area contributed by atoms with Crippen LogP contribution in [0.3, 0.4) is 0 Å². The number of benzene rings is 1. The van der Waals surface area contributed by atoms with Crippen LogP contribution in [-0.2, 0) is 0 Å². The second-order valence-corrected chi connectivity index (χ2v) is 3.50. The van der Waals surface area contributed by atoms with Crippen LogP contribution in [-0.4, -0.2) is 16.1 Å². The number of rotatable bonds is 2. The summed E-state index contributed by atoms with van der Waals surface area (Å²) in [6, 6.07) is 6.17. The van der Waals surface area contributed by atoms with Crippen molar-refractivity contribution in [2.75, 3.05) is 11.1 Å². The van der Waals surface area contributed by atoms with Crippen LogP contribution in [0.4, 0.5) is 15.9 Å². The first kappa shape index (κ1) is 11.8. The predicted molar refractivity (Wildman–Crippen MR) is 63.6 cm³/mol. The molecule has 0 aliphatic carbocycles. The first-order valence-corrected chi connectivity index (χ1v) is 4.98. The van der Waals surface area contributed by atoms with Crippen LogP contribution < -0.4 is 16.6 Å². The van der Waals surface area contributed by atoms with E-state index in [2.05, 4.69) is 15.5 Å². The first-order valence-electron chi connectivity index (χ1n) is 4.98. The van der Waals surface area contributed by atoms with Crippen molar-refractivity contribution in [1.29, 1.82) is 0 Å². The number of nitrogens with one attached hydrogen (secondary N) is 2. The van der Waals surface area contributed by atoms with Crippen molar-refractivity contribution in [2.45, 2.75) is 0 Å². The number of anilines is 2. The maximum absolute atomic E-state index is 13.4. The first-order chi connectivity index (χ1) is 8.56. The minimum absolute atomic E-state index is 0.112. The SMILES string of the molecule is Nc1ccc(F)c(C(=O)Nc2ccc(=O)[nH]n2)c1. The van der Waals surface area contributed by atoms with E-state index < -0.39 is 17.3 Å². The van der Waals surface area contributed by atoms with E-state index in [1.54, 1.807) is 0 Å². The Morgan fingerprint density at radius 1 is 1.33 bits per heavy atom. The van der Waals surface area contributed by atoms with E-state index in [9.17, 15) is 14.0 Å². The van der Waals surface area contributed by atoms with Gasteiger partial charge in [0.15, 0.2) is 5.82 Å². The quantitative estimate of drug-likeness (QED) is 0.682. The van der Waals surface area contributed by atoms with Gasteiger partial charge in [0.2, 0.25) is 0 Å². The number of H-pyrrole nitrogens is 1. The van der Waals surface area contributed by atoms with Gasteiger partial charge in [-0.3, -0.25) is 9.59 Å². The third kappa shape index (κ3) is 2.51. The second kappa shape index (κ2) is 4.66.